The molecule has 0 radical (unpaired) electrons. The molecule has 1 saturated heterocycles. The number of methoxy groups -OCH3 is 1. The Kier molecular flexibility index (Phi) is 5.17. The Morgan fingerprint density at radius 2 is 1.73 bits per heavy atom. The summed E-state index contributed by atoms with van der Waals surface area (Å²) in [6, 6.07) is 8.11. The van der Waals surface area contributed by atoms with Crippen LogP contribution < -0.4 is 9.64 Å². The van der Waals surface area contributed by atoms with Crippen molar-refractivity contribution in [3.8, 4) is 5.75 Å². The molecule has 0 aliphatic carbocycles. The van der Waals surface area contributed by atoms with Gasteiger partial charge in [-0.05, 0) is 57.6 Å². The number of hydrogen-bond acceptors (Lipinski definition) is 4. The number of allylic oxidation sites excluding steroid dienone is 1. The van der Waals surface area contributed by atoms with E-state index in [1.807, 2.05) is 43.9 Å². The van der Waals surface area contributed by atoms with Crippen LogP contribution in [0.1, 0.15) is 40.0 Å². The van der Waals surface area contributed by atoms with Gasteiger partial charge in [0.25, 0.3) is 0 Å². The normalized spacial score (nSPS) is 19.5. The molecule has 0 saturated carbocycles. The van der Waals surface area contributed by atoms with Crippen LogP contribution >= 0.6 is 0 Å². The maximum atomic E-state index is 12.3. The van der Waals surface area contributed by atoms with Crippen LogP contribution in [0.2, 0.25) is 0 Å². The fraction of sp³-hybridized carbons (Fsp3) is 0.571. The molecule has 2 aliphatic heterocycles. The van der Waals surface area contributed by atoms with Crippen LogP contribution in [-0.2, 0) is 4.74 Å². The van der Waals surface area contributed by atoms with Crippen molar-refractivity contribution in [3.05, 3.63) is 36.5 Å². The standard InChI is InChI=1S/C21H30N2O3/c1-20(2,3)26-19(24)23-15-11-21(12-16-23)9-13-22(14-10-21)17-7-5-6-8-18(17)25-4/h5-9,13H,10-12,14-16H2,1-4H3. The molecular weight excluding hydrogens is 328 g/mol. The lowest BCUT2D eigenvalue weighted by atomic mass is 9.74. The van der Waals surface area contributed by atoms with Gasteiger partial charge in [0.05, 0.1) is 12.8 Å². The Morgan fingerprint density at radius 3 is 2.31 bits per heavy atom. The quantitative estimate of drug-likeness (QED) is 0.784. The van der Waals surface area contributed by atoms with Crippen molar-refractivity contribution in [1.82, 2.24) is 4.90 Å². The molecule has 2 heterocycles. The van der Waals surface area contributed by atoms with Gasteiger partial charge in [-0.1, -0.05) is 18.2 Å². The Labute approximate surface area is 156 Å². The van der Waals surface area contributed by atoms with Gasteiger partial charge in [-0.3, -0.25) is 0 Å². The fourth-order valence-corrected chi connectivity index (χ4v) is 3.69. The van der Waals surface area contributed by atoms with E-state index in [-0.39, 0.29) is 11.5 Å². The number of rotatable bonds is 2. The average molecular weight is 358 g/mol. The lowest BCUT2D eigenvalue weighted by molar-refractivity contribution is 0.0136. The lowest BCUT2D eigenvalue weighted by Crippen LogP contribution is -2.46. The van der Waals surface area contributed by atoms with Crippen LogP contribution in [0, 0.1) is 5.41 Å². The van der Waals surface area contributed by atoms with Gasteiger partial charge >= 0.3 is 6.09 Å². The second kappa shape index (κ2) is 7.22. The maximum Gasteiger partial charge on any atom is 0.410 e. The average Bonchev–Trinajstić information content (AvgIpc) is 2.61. The molecule has 26 heavy (non-hydrogen) atoms. The lowest BCUT2D eigenvalue weighted by Gasteiger charge is -2.43. The first kappa shape index (κ1) is 18.6. The van der Waals surface area contributed by atoms with Gasteiger partial charge in [-0.2, -0.15) is 0 Å². The van der Waals surface area contributed by atoms with E-state index in [0.29, 0.717) is 0 Å². The maximum absolute atomic E-state index is 12.3. The van der Waals surface area contributed by atoms with E-state index >= 15 is 0 Å². The number of hydrogen-bond donors (Lipinski definition) is 0. The van der Waals surface area contributed by atoms with E-state index in [4.69, 9.17) is 9.47 Å². The van der Waals surface area contributed by atoms with Crippen LogP contribution in [0.15, 0.2) is 36.5 Å². The Bertz CT molecular complexity index is 670. The number of carbonyl (C=O) groups excluding carboxylic acids is 1. The summed E-state index contributed by atoms with van der Waals surface area (Å²) >= 11 is 0. The van der Waals surface area contributed by atoms with Gasteiger partial charge in [-0.25, -0.2) is 4.79 Å². The minimum Gasteiger partial charge on any atom is -0.495 e. The third kappa shape index (κ3) is 4.14. The minimum absolute atomic E-state index is 0.191. The topological polar surface area (TPSA) is 42.0 Å². The SMILES string of the molecule is COc1ccccc1N1C=CC2(CCN(C(=O)OC(C)(C)C)CC2)CC1. The molecule has 0 atom stereocenters. The fourth-order valence-electron chi connectivity index (χ4n) is 3.69. The minimum atomic E-state index is -0.438. The Balaban J connectivity index is 1.62. The smallest absolute Gasteiger partial charge is 0.410 e. The second-order valence-electron chi connectivity index (χ2n) is 8.26. The number of para-hydroxylation sites is 2. The third-order valence-electron chi connectivity index (χ3n) is 5.26. The summed E-state index contributed by atoms with van der Waals surface area (Å²) in [6.45, 7) is 8.21. The second-order valence-corrected chi connectivity index (χ2v) is 8.26. The molecule has 1 aromatic rings. The van der Waals surface area contributed by atoms with Crippen molar-refractivity contribution < 1.29 is 14.3 Å². The molecule has 1 aromatic carbocycles. The van der Waals surface area contributed by atoms with Crippen LogP contribution in [-0.4, -0.2) is 43.3 Å². The molecule has 1 amide bonds. The highest BCUT2D eigenvalue weighted by Gasteiger charge is 2.37. The molecule has 5 nitrogen and oxygen atoms in total. The van der Waals surface area contributed by atoms with Crippen LogP contribution in [0.3, 0.4) is 0 Å². The molecule has 0 unspecified atom stereocenters. The van der Waals surface area contributed by atoms with Crippen LogP contribution in [0.5, 0.6) is 5.75 Å². The summed E-state index contributed by atoms with van der Waals surface area (Å²) in [4.78, 5) is 16.4. The van der Waals surface area contributed by atoms with Gasteiger partial charge < -0.3 is 19.3 Å². The van der Waals surface area contributed by atoms with Crippen molar-refractivity contribution in [1.29, 1.82) is 0 Å². The summed E-state index contributed by atoms with van der Waals surface area (Å²) in [7, 11) is 1.71. The molecule has 5 heteroatoms. The zero-order valence-corrected chi connectivity index (χ0v) is 16.3. The first-order valence-electron chi connectivity index (χ1n) is 9.39. The van der Waals surface area contributed by atoms with Gasteiger partial charge in [-0.15, -0.1) is 0 Å². The number of amides is 1. The number of carbonyl (C=O) groups is 1. The van der Waals surface area contributed by atoms with E-state index in [2.05, 4.69) is 23.2 Å². The molecule has 0 aromatic heterocycles. The predicted molar refractivity (Wildman–Crippen MR) is 104 cm³/mol. The van der Waals surface area contributed by atoms with E-state index in [0.717, 1.165) is 50.3 Å². The number of piperidine rings is 1. The third-order valence-corrected chi connectivity index (χ3v) is 5.26. The Morgan fingerprint density at radius 1 is 1.08 bits per heavy atom. The van der Waals surface area contributed by atoms with Crippen LogP contribution in [0.25, 0.3) is 0 Å². The van der Waals surface area contributed by atoms with Crippen molar-refractivity contribution >= 4 is 11.8 Å². The summed E-state index contributed by atoms with van der Waals surface area (Å²) in [6.07, 6.45) is 7.39. The van der Waals surface area contributed by atoms with Gasteiger partial charge in [0, 0.05) is 25.8 Å². The van der Waals surface area contributed by atoms with E-state index in [1.54, 1.807) is 7.11 Å². The number of likely N-dealkylation sites (tertiary alicyclic amines) is 1. The van der Waals surface area contributed by atoms with Crippen molar-refractivity contribution in [3.63, 3.8) is 0 Å². The molecule has 142 valence electrons. The zero-order valence-electron chi connectivity index (χ0n) is 16.3. The largest absolute Gasteiger partial charge is 0.495 e. The highest BCUT2D eigenvalue weighted by Crippen LogP contribution is 2.41. The molecular formula is C21H30N2O3. The zero-order chi connectivity index (χ0) is 18.8. The first-order chi connectivity index (χ1) is 12.3. The summed E-state index contributed by atoms with van der Waals surface area (Å²) in [5.41, 5.74) is 0.857. The first-order valence-corrected chi connectivity index (χ1v) is 9.39. The van der Waals surface area contributed by atoms with Crippen molar-refractivity contribution in [2.24, 2.45) is 5.41 Å². The molecule has 1 spiro atoms. The number of ether oxygens (including phenoxy) is 2. The monoisotopic (exact) mass is 358 g/mol. The van der Waals surface area contributed by atoms with Crippen molar-refractivity contribution in [2.75, 3.05) is 31.6 Å². The highest BCUT2D eigenvalue weighted by atomic mass is 16.6. The van der Waals surface area contributed by atoms with Crippen molar-refractivity contribution in [2.45, 2.75) is 45.6 Å². The highest BCUT2D eigenvalue weighted by molar-refractivity contribution is 5.68. The predicted octanol–water partition coefficient (Wildman–Crippen LogP) is 4.44. The number of benzene rings is 1. The van der Waals surface area contributed by atoms with E-state index in [1.165, 1.54) is 0 Å². The van der Waals surface area contributed by atoms with Gasteiger partial charge in [0.15, 0.2) is 0 Å². The molecule has 3 rings (SSSR count). The van der Waals surface area contributed by atoms with Crippen LogP contribution in [0.4, 0.5) is 10.5 Å². The summed E-state index contributed by atoms with van der Waals surface area (Å²) < 4.78 is 11.0. The molecule has 2 aliphatic rings. The molecule has 0 bridgehead atoms. The summed E-state index contributed by atoms with van der Waals surface area (Å²) in [5.74, 6) is 0.896. The molecule has 1 fully saturated rings. The van der Waals surface area contributed by atoms with E-state index < -0.39 is 5.60 Å². The number of anilines is 1. The van der Waals surface area contributed by atoms with Gasteiger partial charge in [0.1, 0.15) is 11.4 Å². The summed E-state index contributed by atoms with van der Waals surface area (Å²) in [5, 5.41) is 0. The number of nitrogens with zero attached hydrogens (tertiary/aromatic N) is 2. The van der Waals surface area contributed by atoms with E-state index in [9.17, 15) is 4.79 Å². The molecule has 0 N–H and O–H groups in total. The van der Waals surface area contributed by atoms with Gasteiger partial charge in [0.2, 0.25) is 0 Å². The Hall–Kier alpha value is -2.17.